The van der Waals surface area contributed by atoms with Gasteiger partial charge in [0.15, 0.2) is 5.69 Å². The number of imidazole rings is 1. The fourth-order valence-electron chi connectivity index (χ4n) is 7.27. The van der Waals surface area contributed by atoms with E-state index < -0.39 is 0 Å². The molecular formula is C23H28N6. The molecule has 4 aliphatic rings. The molecule has 1 aromatic heterocycles. The second kappa shape index (κ2) is 6.50. The summed E-state index contributed by atoms with van der Waals surface area (Å²) in [5, 5.41) is 13.2. The van der Waals surface area contributed by atoms with Gasteiger partial charge >= 0.3 is 0 Å². The Balaban J connectivity index is 1.44. The van der Waals surface area contributed by atoms with Gasteiger partial charge < -0.3 is 4.57 Å². The third kappa shape index (κ3) is 2.60. The summed E-state index contributed by atoms with van der Waals surface area (Å²) in [7, 11) is 0. The average Bonchev–Trinajstić information content (AvgIpc) is 3.32. The molecule has 6 atom stereocenters. The summed E-state index contributed by atoms with van der Waals surface area (Å²) in [4.78, 5) is 7.30. The third-order valence-corrected chi connectivity index (χ3v) is 8.81. The molecule has 4 unspecified atom stereocenters. The molecule has 0 N–H and O–H groups in total. The second-order valence-corrected chi connectivity index (χ2v) is 9.92. The standard InChI is InChI=1S/C23H28N6/c1-22-9-7-16(27-28-25)11-15(22)3-4-18-19-5-6-21(23(19,2)10-8-20(18)22)29-13-17(12-24)26-14-29/h3,6,13-14,16,18-20H,4-5,7-11H2,1-2H3/t16?,18?,19?,20?,22-,23-/m0/s1. The first-order valence-corrected chi connectivity index (χ1v) is 10.9. The zero-order valence-electron chi connectivity index (χ0n) is 17.3. The van der Waals surface area contributed by atoms with E-state index in [2.05, 4.69) is 51.6 Å². The van der Waals surface area contributed by atoms with Gasteiger partial charge in [0.2, 0.25) is 0 Å². The van der Waals surface area contributed by atoms with Gasteiger partial charge in [-0.2, -0.15) is 5.26 Å². The van der Waals surface area contributed by atoms with Crippen LogP contribution >= 0.6 is 0 Å². The number of fused-ring (bicyclic) bond motifs is 5. The quantitative estimate of drug-likeness (QED) is 0.275. The highest BCUT2D eigenvalue weighted by atomic mass is 15.1. The highest BCUT2D eigenvalue weighted by molar-refractivity contribution is 5.57. The van der Waals surface area contributed by atoms with Crippen LogP contribution in [0.25, 0.3) is 16.1 Å². The molecule has 4 aliphatic carbocycles. The molecule has 2 saturated carbocycles. The number of nitrogens with zero attached hydrogens (tertiary/aromatic N) is 6. The maximum atomic E-state index is 9.16. The van der Waals surface area contributed by atoms with Gasteiger partial charge in [-0.25, -0.2) is 4.98 Å². The van der Waals surface area contributed by atoms with Crippen molar-refractivity contribution in [2.24, 2.45) is 33.7 Å². The van der Waals surface area contributed by atoms with Crippen LogP contribution in [0.2, 0.25) is 0 Å². The van der Waals surface area contributed by atoms with Crippen LogP contribution in [0.15, 0.2) is 35.4 Å². The van der Waals surface area contributed by atoms with Crippen LogP contribution in [0.4, 0.5) is 0 Å². The van der Waals surface area contributed by atoms with Crippen LogP contribution in [0.3, 0.4) is 0 Å². The fraction of sp³-hybridized carbons (Fsp3) is 0.652. The monoisotopic (exact) mass is 388 g/mol. The van der Waals surface area contributed by atoms with Gasteiger partial charge in [-0.05, 0) is 73.6 Å². The van der Waals surface area contributed by atoms with E-state index in [4.69, 9.17) is 10.8 Å². The second-order valence-electron chi connectivity index (χ2n) is 9.92. The summed E-state index contributed by atoms with van der Waals surface area (Å²) in [6.07, 6.45) is 16.4. The maximum absolute atomic E-state index is 9.16. The van der Waals surface area contributed by atoms with Gasteiger partial charge in [0, 0.05) is 28.3 Å². The summed E-state index contributed by atoms with van der Waals surface area (Å²) in [6, 6.07) is 2.29. The van der Waals surface area contributed by atoms with Crippen LogP contribution in [-0.2, 0) is 0 Å². The minimum absolute atomic E-state index is 0.139. The number of hydrogen-bond acceptors (Lipinski definition) is 3. The van der Waals surface area contributed by atoms with Crippen molar-refractivity contribution in [3.63, 3.8) is 0 Å². The van der Waals surface area contributed by atoms with Crippen molar-refractivity contribution in [2.75, 3.05) is 0 Å². The van der Waals surface area contributed by atoms with Crippen LogP contribution < -0.4 is 0 Å². The van der Waals surface area contributed by atoms with Crippen molar-refractivity contribution in [3.8, 4) is 6.07 Å². The molecule has 6 nitrogen and oxygen atoms in total. The molecule has 0 amide bonds. The molecule has 150 valence electrons. The summed E-state index contributed by atoms with van der Waals surface area (Å²) in [5.74, 6) is 2.07. The Morgan fingerprint density at radius 1 is 1.21 bits per heavy atom. The van der Waals surface area contributed by atoms with E-state index in [0.29, 0.717) is 17.5 Å². The van der Waals surface area contributed by atoms with Crippen LogP contribution in [0.1, 0.15) is 64.5 Å². The smallest absolute Gasteiger partial charge is 0.158 e. The molecule has 2 fully saturated rings. The predicted molar refractivity (Wildman–Crippen MR) is 111 cm³/mol. The number of azide groups is 1. The lowest BCUT2D eigenvalue weighted by molar-refractivity contribution is -0.0127. The number of rotatable bonds is 2. The van der Waals surface area contributed by atoms with Gasteiger partial charge in [0.25, 0.3) is 0 Å². The predicted octanol–water partition coefficient (Wildman–Crippen LogP) is 5.85. The zero-order valence-corrected chi connectivity index (χ0v) is 17.3. The van der Waals surface area contributed by atoms with Crippen molar-refractivity contribution in [1.29, 1.82) is 5.26 Å². The largest absolute Gasteiger partial charge is 0.308 e. The van der Waals surface area contributed by atoms with E-state index in [1.54, 1.807) is 11.9 Å². The molecule has 1 heterocycles. The molecule has 0 aliphatic heterocycles. The Kier molecular flexibility index (Phi) is 4.15. The van der Waals surface area contributed by atoms with E-state index in [1.807, 2.05) is 6.20 Å². The van der Waals surface area contributed by atoms with E-state index in [1.165, 1.54) is 18.5 Å². The summed E-state index contributed by atoms with van der Waals surface area (Å²) in [6.45, 7) is 4.90. The van der Waals surface area contributed by atoms with Crippen LogP contribution in [0, 0.1) is 39.9 Å². The summed E-state index contributed by atoms with van der Waals surface area (Å²) >= 11 is 0. The Morgan fingerprint density at radius 2 is 2.03 bits per heavy atom. The van der Waals surface area contributed by atoms with Gasteiger partial charge in [0.1, 0.15) is 12.4 Å². The van der Waals surface area contributed by atoms with Crippen molar-refractivity contribution in [2.45, 2.75) is 64.8 Å². The highest BCUT2D eigenvalue weighted by Gasteiger charge is 2.57. The Labute approximate surface area is 171 Å². The molecule has 0 aromatic carbocycles. The Bertz CT molecular complexity index is 989. The number of hydrogen-bond donors (Lipinski definition) is 0. The van der Waals surface area contributed by atoms with E-state index in [-0.39, 0.29) is 16.9 Å². The first-order valence-electron chi connectivity index (χ1n) is 10.9. The van der Waals surface area contributed by atoms with Crippen molar-refractivity contribution < 1.29 is 0 Å². The molecule has 0 radical (unpaired) electrons. The number of aromatic nitrogens is 2. The van der Waals surface area contributed by atoms with E-state index in [0.717, 1.165) is 38.0 Å². The van der Waals surface area contributed by atoms with Crippen LogP contribution in [-0.4, -0.2) is 15.6 Å². The molecule has 1 aromatic rings. The summed E-state index contributed by atoms with van der Waals surface area (Å²) < 4.78 is 2.09. The van der Waals surface area contributed by atoms with Gasteiger partial charge in [0.05, 0.1) is 0 Å². The molecule has 29 heavy (non-hydrogen) atoms. The molecule has 0 spiro atoms. The number of allylic oxidation sites excluding steroid dienone is 3. The maximum Gasteiger partial charge on any atom is 0.158 e. The van der Waals surface area contributed by atoms with E-state index >= 15 is 0 Å². The topological polar surface area (TPSA) is 90.4 Å². The zero-order chi connectivity index (χ0) is 20.2. The average molecular weight is 389 g/mol. The van der Waals surface area contributed by atoms with Crippen LogP contribution in [0.5, 0.6) is 0 Å². The first-order chi connectivity index (χ1) is 14.0. The first kappa shape index (κ1) is 18.5. The van der Waals surface area contributed by atoms with Crippen molar-refractivity contribution in [1.82, 2.24) is 9.55 Å². The summed E-state index contributed by atoms with van der Waals surface area (Å²) in [5.41, 5.74) is 12.6. The number of nitriles is 1. The minimum Gasteiger partial charge on any atom is -0.308 e. The van der Waals surface area contributed by atoms with E-state index in [9.17, 15) is 0 Å². The molecule has 5 rings (SSSR count). The van der Waals surface area contributed by atoms with Gasteiger partial charge in [-0.3, -0.25) is 0 Å². The lowest BCUT2D eigenvalue weighted by atomic mass is 9.47. The molecular weight excluding hydrogens is 360 g/mol. The van der Waals surface area contributed by atoms with Gasteiger partial charge in [-0.15, -0.1) is 0 Å². The Hall–Kier alpha value is -2.51. The van der Waals surface area contributed by atoms with Crippen molar-refractivity contribution in [3.05, 3.63) is 46.4 Å². The highest BCUT2D eigenvalue weighted by Crippen LogP contribution is 2.65. The normalized spacial score (nSPS) is 40.4. The molecule has 0 bridgehead atoms. The Morgan fingerprint density at radius 3 is 2.79 bits per heavy atom. The minimum atomic E-state index is 0.139. The molecule has 0 saturated heterocycles. The lowest BCUT2D eigenvalue weighted by Gasteiger charge is -2.57. The lowest BCUT2D eigenvalue weighted by Crippen LogP contribution is -2.49. The van der Waals surface area contributed by atoms with Gasteiger partial charge in [-0.1, -0.05) is 36.7 Å². The fourth-order valence-corrected chi connectivity index (χ4v) is 7.27. The third-order valence-electron chi connectivity index (χ3n) is 8.81. The van der Waals surface area contributed by atoms with Crippen molar-refractivity contribution >= 4 is 5.70 Å². The SMILES string of the molecule is C[C@]12CCC(N=[N+]=[N-])CC1=CCC1C2CC[C@]2(C)C(n3cnc(C#N)c3)=CCC12. The molecule has 6 heteroatoms.